The van der Waals surface area contributed by atoms with Crippen molar-refractivity contribution in [2.75, 3.05) is 6.61 Å². The quantitative estimate of drug-likeness (QED) is 0.639. The number of benzene rings is 1. The molecule has 21 heavy (non-hydrogen) atoms. The molecule has 0 unspecified atom stereocenters. The van der Waals surface area contributed by atoms with E-state index >= 15 is 0 Å². The summed E-state index contributed by atoms with van der Waals surface area (Å²) in [5, 5.41) is 5.18. The predicted octanol–water partition coefficient (Wildman–Crippen LogP) is 1.56. The Labute approximate surface area is 123 Å². The van der Waals surface area contributed by atoms with Crippen LogP contribution >= 0.6 is 0 Å². The highest BCUT2D eigenvalue weighted by atomic mass is 16.5. The van der Waals surface area contributed by atoms with Gasteiger partial charge in [0, 0.05) is 11.3 Å². The number of carbonyl (C=O) groups excluding carboxylic acids is 2. The first-order valence-electron chi connectivity index (χ1n) is 6.63. The number of nitrogens with one attached hydrogen (secondary N) is 2. The van der Waals surface area contributed by atoms with Crippen LogP contribution in [-0.4, -0.2) is 24.6 Å². The molecule has 0 aromatic heterocycles. The third kappa shape index (κ3) is 3.63. The molecular formula is C16H16N2O3. The van der Waals surface area contributed by atoms with Crippen molar-refractivity contribution in [1.29, 1.82) is 0 Å². The van der Waals surface area contributed by atoms with Gasteiger partial charge in [-0.05, 0) is 26.0 Å². The number of urea groups is 1. The molecule has 2 rings (SSSR count). The minimum absolute atomic E-state index is 0.266. The van der Waals surface area contributed by atoms with Crippen LogP contribution in [0.15, 0.2) is 41.6 Å². The van der Waals surface area contributed by atoms with Gasteiger partial charge in [0.25, 0.3) is 0 Å². The van der Waals surface area contributed by atoms with E-state index < -0.39 is 12.0 Å². The Hall–Kier alpha value is -2.74. The Morgan fingerprint density at radius 3 is 2.71 bits per heavy atom. The monoisotopic (exact) mass is 284 g/mol. The third-order valence-corrected chi connectivity index (χ3v) is 2.90. The van der Waals surface area contributed by atoms with Crippen LogP contribution in [0.2, 0.25) is 0 Å². The second-order valence-corrected chi connectivity index (χ2v) is 4.43. The molecule has 0 spiro atoms. The van der Waals surface area contributed by atoms with Gasteiger partial charge in [-0.25, -0.2) is 9.59 Å². The molecule has 1 atom stereocenters. The molecule has 0 aliphatic carbocycles. The molecule has 1 aliphatic heterocycles. The molecule has 2 amide bonds. The van der Waals surface area contributed by atoms with Crippen molar-refractivity contribution < 1.29 is 14.3 Å². The third-order valence-electron chi connectivity index (χ3n) is 2.90. The molecule has 1 aromatic carbocycles. The highest BCUT2D eigenvalue weighted by molar-refractivity contribution is 5.95. The molecule has 0 fully saturated rings. The summed E-state index contributed by atoms with van der Waals surface area (Å²) in [4.78, 5) is 23.5. The lowest BCUT2D eigenvalue weighted by Gasteiger charge is -2.24. The summed E-state index contributed by atoms with van der Waals surface area (Å²) >= 11 is 0. The maximum atomic E-state index is 12.0. The van der Waals surface area contributed by atoms with Crippen molar-refractivity contribution in [3.63, 3.8) is 0 Å². The van der Waals surface area contributed by atoms with Crippen LogP contribution in [0.1, 0.15) is 19.4 Å². The highest BCUT2D eigenvalue weighted by Gasteiger charge is 2.29. The summed E-state index contributed by atoms with van der Waals surface area (Å²) in [5.74, 6) is 5.38. The number of allylic oxidation sites excluding steroid dienone is 1. The molecule has 0 radical (unpaired) electrons. The Bertz CT molecular complexity index is 638. The van der Waals surface area contributed by atoms with Gasteiger partial charge < -0.3 is 15.4 Å². The van der Waals surface area contributed by atoms with E-state index in [0.717, 1.165) is 5.56 Å². The molecule has 5 nitrogen and oxygen atoms in total. The second kappa shape index (κ2) is 6.62. The minimum Gasteiger partial charge on any atom is -0.462 e. The summed E-state index contributed by atoms with van der Waals surface area (Å²) in [5.41, 5.74) is 1.61. The average molecular weight is 284 g/mol. The summed E-state index contributed by atoms with van der Waals surface area (Å²) in [6.45, 7) is 3.65. The van der Waals surface area contributed by atoms with Crippen LogP contribution in [0.4, 0.5) is 4.79 Å². The van der Waals surface area contributed by atoms with Crippen molar-refractivity contribution in [2.24, 2.45) is 0 Å². The lowest BCUT2D eigenvalue weighted by molar-refractivity contribution is -0.138. The van der Waals surface area contributed by atoms with Gasteiger partial charge in [-0.2, -0.15) is 0 Å². The number of ether oxygens (including phenoxy) is 1. The molecule has 1 aliphatic rings. The van der Waals surface area contributed by atoms with E-state index in [1.165, 1.54) is 0 Å². The van der Waals surface area contributed by atoms with Crippen LogP contribution < -0.4 is 10.6 Å². The first-order valence-corrected chi connectivity index (χ1v) is 6.63. The lowest BCUT2D eigenvalue weighted by atomic mass is 10.0. The number of esters is 1. The zero-order valence-corrected chi connectivity index (χ0v) is 11.9. The molecule has 1 heterocycles. The zero-order valence-electron chi connectivity index (χ0n) is 11.9. The summed E-state index contributed by atoms with van der Waals surface area (Å²) < 4.78 is 5.01. The van der Waals surface area contributed by atoms with Gasteiger partial charge in [0.05, 0.1) is 12.2 Å². The number of hydrogen-bond acceptors (Lipinski definition) is 3. The molecule has 1 aromatic rings. The lowest BCUT2D eigenvalue weighted by Crippen LogP contribution is -2.49. The fourth-order valence-corrected chi connectivity index (χ4v) is 1.96. The normalized spacial score (nSPS) is 17.2. The first kappa shape index (κ1) is 14.7. The van der Waals surface area contributed by atoms with Gasteiger partial charge in [0.1, 0.15) is 6.04 Å². The largest absolute Gasteiger partial charge is 0.462 e. The van der Waals surface area contributed by atoms with Gasteiger partial charge in [0.2, 0.25) is 0 Å². The van der Waals surface area contributed by atoms with Crippen molar-refractivity contribution in [3.8, 4) is 11.8 Å². The van der Waals surface area contributed by atoms with E-state index in [0.29, 0.717) is 11.3 Å². The molecule has 2 N–H and O–H groups in total. The van der Waals surface area contributed by atoms with E-state index in [2.05, 4.69) is 22.5 Å². The smallest absolute Gasteiger partial charge is 0.338 e. The fourth-order valence-electron chi connectivity index (χ4n) is 1.96. The van der Waals surface area contributed by atoms with E-state index in [1.54, 1.807) is 13.8 Å². The van der Waals surface area contributed by atoms with Gasteiger partial charge in [0.15, 0.2) is 0 Å². The van der Waals surface area contributed by atoms with E-state index in [-0.39, 0.29) is 12.6 Å². The standard InChI is InChI=1S/C16H16N2O3/c1-3-21-15(19)14-11(2)17-16(20)18-13(14)10-9-12-7-5-4-6-8-12/h4-8,13H,3H2,1-2H3,(H2,17,18,20)/t13-/m1/s1. The average Bonchev–Trinajstić information content (AvgIpc) is 2.45. The first-order chi connectivity index (χ1) is 10.1. The fraction of sp³-hybridized carbons (Fsp3) is 0.250. The van der Waals surface area contributed by atoms with Crippen LogP contribution in [-0.2, 0) is 9.53 Å². The van der Waals surface area contributed by atoms with Crippen molar-refractivity contribution in [2.45, 2.75) is 19.9 Å². The molecule has 0 saturated heterocycles. The Morgan fingerprint density at radius 2 is 2.05 bits per heavy atom. The Morgan fingerprint density at radius 1 is 1.33 bits per heavy atom. The van der Waals surface area contributed by atoms with E-state index in [4.69, 9.17) is 4.74 Å². The van der Waals surface area contributed by atoms with Crippen molar-refractivity contribution in [1.82, 2.24) is 10.6 Å². The second-order valence-electron chi connectivity index (χ2n) is 4.43. The van der Waals surface area contributed by atoms with Crippen LogP contribution in [0.25, 0.3) is 0 Å². The highest BCUT2D eigenvalue weighted by Crippen LogP contribution is 2.13. The van der Waals surface area contributed by atoms with Crippen molar-refractivity contribution >= 4 is 12.0 Å². The molecule has 5 heteroatoms. The summed E-state index contributed by atoms with van der Waals surface area (Å²) in [6, 6.07) is 8.29. The number of hydrogen-bond donors (Lipinski definition) is 2. The summed E-state index contributed by atoms with van der Waals surface area (Å²) in [6.07, 6.45) is 0. The van der Waals surface area contributed by atoms with E-state index in [9.17, 15) is 9.59 Å². The zero-order chi connectivity index (χ0) is 15.2. The molecular weight excluding hydrogens is 268 g/mol. The Kier molecular flexibility index (Phi) is 4.62. The van der Waals surface area contributed by atoms with Gasteiger partial charge in [-0.1, -0.05) is 30.0 Å². The predicted molar refractivity (Wildman–Crippen MR) is 78.1 cm³/mol. The van der Waals surface area contributed by atoms with Gasteiger partial charge in [-0.3, -0.25) is 0 Å². The SMILES string of the molecule is CCOC(=O)C1=C(C)NC(=O)N[C@@H]1C#Cc1ccccc1. The number of carbonyl (C=O) groups is 2. The number of amides is 2. The van der Waals surface area contributed by atoms with Crippen LogP contribution in [0.3, 0.4) is 0 Å². The number of rotatable bonds is 2. The maximum Gasteiger partial charge on any atom is 0.338 e. The van der Waals surface area contributed by atoms with E-state index in [1.807, 2.05) is 30.3 Å². The Balaban J connectivity index is 2.31. The molecule has 108 valence electrons. The van der Waals surface area contributed by atoms with Gasteiger partial charge >= 0.3 is 12.0 Å². The summed E-state index contributed by atoms with van der Waals surface area (Å²) in [7, 11) is 0. The molecule has 0 bridgehead atoms. The topological polar surface area (TPSA) is 67.4 Å². The maximum absolute atomic E-state index is 12.0. The minimum atomic E-state index is -0.682. The van der Waals surface area contributed by atoms with Gasteiger partial charge in [-0.15, -0.1) is 0 Å². The van der Waals surface area contributed by atoms with Crippen LogP contribution in [0, 0.1) is 11.8 Å². The molecule has 0 saturated carbocycles. The van der Waals surface area contributed by atoms with Crippen molar-refractivity contribution in [3.05, 3.63) is 47.2 Å². The van der Waals surface area contributed by atoms with Crippen LogP contribution in [0.5, 0.6) is 0 Å².